The van der Waals surface area contributed by atoms with Crippen LogP contribution >= 0.6 is 11.6 Å². The highest BCUT2D eigenvalue weighted by atomic mass is 35.5. The summed E-state index contributed by atoms with van der Waals surface area (Å²) < 4.78 is 28.8. The first kappa shape index (κ1) is 23.2. The van der Waals surface area contributed by atoms with E-state index in [2.05, 4.69) is 10.4 Å². The van der Waals surface area contributed by atoms with Crippen LogP contribution in [0.15, 0.2) is 70.5 Å². The normalized spacial score (nSPS) is 17.0. The van der Waals surface area contributed by atoms with Gasteiger partial charge in [0.25, 0.3) is 5.91 Å². The maximum Gasteiger partial charge on any atom is 0.280 e. The summed E-state index contributed by atoms with van der Waals surface area (Å²) in [6.07, 6.45) is 4.15. The molecule has 1 aliphatic rings. The van der Waals surface area contributed by atoms with E-state index in [1.165, 1.54) is 45.5 Å². The smallest absolute Gasteiger partial charge is 0.280 e. The fourth-order valence-electron chi connectivity index (χ4n) is 3.79. The van der Waals surface area contributed by atoms with Crippen LogP contribution in [0.3, 0.4) is 0 Å². The lowest BCUT2D eigenvalue weighted by Crippen LogP contribution is -2.41. The molecule has 33 heavy (non-hydrogen) atoms. The highest BCUT2D eigenvalue weighted by Crippen LogP contribution is 2.26. The maximum atomic E-state index is 13.0. The van der Waals surface area contributed by atoms with E-state index in [1.807, 2.05) is 6.92 Å². The Balaban J connectivity index is 1.54. The number of benzene rings is 2. The molecule has 8 nitrogen and oxygen atoms in total. The van der Waals surface area contributed by atoms with Crippen LogP contribution < -0.4 is 10.7 Å². The van der Waals surface area contributed by atoms with Crippen LogP contribution in [-0.4, -0.2) is 41.0 Å². The molecular weight excluding hydrogens is 464 g/mol. The van der Waals surface area contributed by atoms with Crippen LogP contribution in [0.1, 0.15) is 36.7 Å². The van der Waals surface area contributed by atoms with Gasteiger partial charge in [0.15, 0.2) is 5.69 Å². The van der Waals surface area contributed by atoms with Crippen LogP contribution in [-0.2, 0) is 10.0 Å². The number of amides is 1. The third-order valence-corrected chi connectivity index (χ3v) is 7.82. The van der Waals surface area contributed by atoms with Gasteiger partial charge in [0.05, 0.1) is 10.6 Å². The standard InChI is InChI=1S/C23H23ClN4O4S/c1-16-5-2-3-13-28(16)33(31,32)20-10-8-18(9-11-20)25-23(30)22-21(29)12-14-27(26-22)19-7-4-6-17(24)15-19/h4,6-12,14-16H,2-3,5,13H2,1H3,(H,25,30). The molecule has 1 atom stereocenters. The minimum absolute atomic E-state index is 0.0473. The van der Waals surface area contributed by atoms with Gasteiger partial charge in [-0.25, -0.2) is 13.1 Å². The summed E-state index contributed by atoms with van der Waals surface area (Å²) in [7, 11) is -3.61. The third kappa shape index (κ3) is 5.00. The molecular formula is C23H23ClN4O4S. The van der Waals surface area contributed by atoms with Crippen molar-refractivity contribution in [1.29, 1.82) is 0 Å². The summed E-state index contributed by atoms with van der Waals surface area (Å²) in [6, 6.07) is 13.9. The van der Waals surface area contributed by atoms with Crippen LogP contribution in [0.2, 0.25) is 5.02 Å². The van der Waals surface area contributed by atoms with E-state index in [4.69, 9.17) is 11.6 Å². The van der Waals surface area contributed by atoms with Gasteiger partial charge < -0.3 is 5.32 Å². The van der Waals surface area contributed by atoms with Crippen molar-refractivity contribution in [2.45, 2.75) is 37.1 Å². The van der Waals surface area contributed by atoms with Gasteiger partial charge in [0, 0.05) is 35.6 Å². The van der Waals surface area contributed by atoms with Gasteiger partial charge in [-0.1, -0.05) is 24.1 Å². The molecule has 1 fully saturated rings. The van der Waals surface area contributed by atoms with Crippen LogP contribution in [0.25, 0.3) is 5.69 Å². The van der Waals surface area contributed by atoms with Crippen molar-refractivity contribution in [3.05, 3.63) is 81.7 Å². The van der Waals surface area contributed by atoms with Gasteiger partial charge in [-0.2, -0.15) is 9.40 Å². The Morgan fingerprint density at radius 3 is 2.58 bits per heavy atom. The summed E-state index contributed by atoms with van der Waals surface area (Å²) in [5, 5.41) is 7.24. The lowest BCUT2D eigenvalue weighted by atomic mass is 10.1. The van der Waals surface area contributed by atoms with E-state index in [-0.39, 0.29) is 16.6 Å². The Morgan fingerprint density at radius 1 is 1.12 bits per heavy atom. The Bertz CT molecular complexity index is 1340. The minimum Gasteiger partial charge on any atom is -0.320 e. The first-order chi connectivity index (χ1) is 15.8. The molecule has 1 aromatic heterocycles. The number of carbonyl (C=O) groups is 1. The zero-order valence-electron chi connectivity index (χ0n) is 17.9. The number of aromatic nitrogens is 2. The number of sulfonamides is 1. The van der Waals surface area contributed by atoms with E-state index >= 15 is 0 Å². The number of nitrogens with one attached hydrogen (secondary N) is 1. The fourth-order valence-corrected chi connectivity index (χ4v) is 5.68. The van der Waals surface area contributed by atoms with Crippen molar-refractivity contribution >= 4 is 33.2 Å². The molecule has 2 heterocycles. The van der Waals surface area contributed by atoms with Crippen LogP contribution in [0.5, 0.6) is 0 Å². The van der Waals surface area contributed by atoms with Crippen molar-refractivity contribution in [2.24, 2.45) is 0 Å². The van der Waals surface area contributed by atoms with Crippen molar-refractivity contribution in [2.75, 3.05) is 11.9 Å². The monoisotopic (exact) mass is 486 g/mol. The van der Waals surface area contributed by atoms with E-state index in [0.717, 1.165) is 19.3 Å². The number of carbonyl (C=O) groups excluding carboxylic acids is 1. The Labute approximate surface area is 196 Å². The molecule has 1 N–H and O–H groups in total. The molecule has 1 unspecified atom stereocenters. The largest absolute Gasteiger partial charge is 0.320 e. The van der Waals surface area contributed by atoms with Crippen molar-refractivity contribution in [3.63, 3.8) is 0 Å². The number of hydrogen-bond donors (Lipinski definition) is 1. The van der Waals surface area contributed by atoms with E-state index in [1.54, 1.807) is 24.3 Å². The number of anilines is 1. The molecule has 2 aromatic carbocycles. The summed E-state index contributed by atoms with van der Waals surface area (Å²) >= 11 is 6.01. The topological polar surface area (TPSA) is 101 Å². The van der Waals surface area contributed by atoms with E-state index in [9.17, 15) is 18.0 Å². The van der Waals surface area contributed by atoms with Crippen molar-refractivity contribution in [1.82, 2.24) is 14.1 Å². The first-order valence-corrected chi connectivity index (χ1v) is 12.4. The number of nitrogens with zero attached hydrogens (tertiary/aromatic N) is 3. The molecule has 0 radical (unpaired) electrons. The maximum absolute atomic E-state index is 13.0. The predicted octanol–water partition coefficient (Wildman–Crippen LogP) is 3.70. The number of hydrogen-bond acceptors (Lipinski definition) is 5. The lowest BCUT2D eigenvalue weighted by molar-refractivity contribution is 0.101. The lowest BCUT2D eigenvalue weighted by Gasteiger charge is -2.32. The quantitative estimate of drug-likeness (QED) is 0.592. The highest BCUT2D eigenvalue weighted by molar-refractivity contribution is 7.89. The molecule has 4 rings (SSSR count). The summed E-state index contributed by atoms with van der Waals surface area (Å²) in [6.45, 7) is 2.41. The molecule has 0 saturated carbocycles. The predicted molar refractivity (Wildman–Crippen MR) is 126 cm³/mol. The van der Waals surface area contributed by atoms with Gasteiger partial charge in [-0.05, 0) is 62.2 Å². The fraction of sp³-hybridized carbons (Fsp3) is 0.261. The van der Waals surface area contributed by atoms with Gasteiger partial charge in [-0.15, -0.1) is 0 Å². The molecule has 1 aliphatic heterocycles. The Kier molecular flexibility index (Phi) is 6.64. The second-order valence-electron chi connectivity index (χ2n) is 7.89. The molecule has 10 heteroatoms. The molecule has 1 amide bonds. The van der Waals surface area contributed by atoms with Crippen molar-refractivity contribution in [3.8, 4) is 5.69 Å². The molecule has 3 aromatic rings. The SMILES string of the molecule is CC1CCCCN1S(=O)(=O)c1ccc(NC(=O)c2nn(-c3cccc(Cl)c3)ccc2=O)cc1. The zero-order valence-corrected chi connectivity index (χ0v) is 19.5. The van der Waals surface area contributed by atoms with E-state index < -0.39 is 21.4 Å². The average molecular weight is 487 g/mol. The van der Waals surface area contributed by atoms with Gasteiger partial charge in [0.2, 0.25) is 15.5 Å². The van der Waals surface area contributed by atoms with Gasteiger partial charge >= 0.3 is 0 Å². The second-order valence-corrected chi connectivity index (χ2v) is 10.2. The molecule has 0 bridgehead atoms. The first-order valence-electron chi connectivity index (χ1n) is 10.5. The summed E-state index contributed by atoms with van der Waals surface area (Å²) in [5.74, 6) is -0.698. The second kappa shape index (κ2) is 9.46. The third-order valence-electron chi connectivity index (χ3n) is 5.56. The highest BCUT2D eigenvalue weighted by Gasteiger charge is 2.30. The van der Waals surface area contributed by atoms with Crippen molar-refractivity contribution < 1.29 is 13.2 Å². The molecule has 172 valence electrons. The molecule has 0 spiro atoms. The Hall–Kier alpha value is -3.01. The molecule has 0 aliphatic carbocycles. The Morgan fingerprint density at radius 2 is 1.88 bits per heavy atom. The number of halogens is 1. The van der Waals surface area contributed by atoms with E-state index in [0.29, 0.717) is 22.9 Å². The average Bonchev–Trinajstić information content (AvgIpc) is 2.80. The zero-order chi connectivity index (χ0) is 23.6. The van der Waals surface area contributed by atoms with Crippen LogP contribution in [0, 0.1) is 0 Å². The summed E-state index contributed by atoms with van der Waals surface area (Å²) in [4.78, 5) is 25.1. The number of piperidine rings is 1. The molecule has 1 saturated heterocycles. The van der Waals surface area contributed by atoms with Gasteiger partial charge in [0.1, 0.15) is 0 Å². The number of rotatable bonds is 5. The minimum atomic E-state index is -3.61. The van der Waals surface area contributed by atoms with Crippen LogP contribution in [0.4, 0.5) is 5.69 Å². The summed E-state index contributed by atoms with van der Waals surface area (Å²) in [5.41, 5.74) is 0.114. The van der Waals surface area contributed by atoms with Gasteiger partial charge in [-0.3, -0.25) is 9.59 Å².